The van der Waals surface area contributed by atoms with Crippen LogP contribution >= 0.6 is 0 Å². The van der Waals surface area contributed by atoms with E-state index in [1.807, 2.05) is 66.9 Å². The lowest BCUT2D eigenvalue weighted by Crippen LogP contribution is -2.17. The molecule has 4 aromatic rings. The number of rotatable bonds is 8. The van der Waals surface area contributed by atoms with E-state index in [-0.39, 0.29) is 5.91 Å². The van der Waals surface area contributed by atoms with E-state index in [0.717, 1.165) is 28.0 Å². The van der Waals surface area contributed by atoms with E-state index in [1.54, 1.807) is 25.5 Å². The molecule has 0 aliphatic rings. The first-order valence-electron chi connectivity index (χ1n) is 9.98. The van der Waals surface area contributed by atoms with Gasteiger partial charge < -0.3 is 14.0 Å². The molecule has 0 saturated heterocycles. The third kappa shape index (κ3) is 4.93. The van der Waals surface area contributed by atoms with E-state index in [0.29, 0.717) is 18.7 Å². The van der Waals surface area contributed by atoms with Gasteiger partial charge in [-0.05, 0) is 30.3 Å². The van der Waals surface area contributed by atoms with E-state index in [9.17, 15) is 4.79 Å². The van der Waals surface area contributed by atoms with Crippen LogP contribution in [0.4, 0.5) is 0 Å². The van der Waals surface area contributed by atoms with Crippen molar-refractivity contribution >= 4 is 23.0 Å². The molecule has 6 nitrogen and oxygen atoms in total. The molecule has 1 heterocycles. The number of methoxy groups -OCH3 is 1. The molecule has 0 radical (unpaired) electrons. The van der Waals surface area contributed by atoms with Crippen molar-refractivity contribution in [2.75, 3.05) is 13.7 Å². The summed E-state index contributed by atoms with van der Waals surface area (Å²) in [7, 11) is 1.64. The third-order valence-electron chi connectivity index (χ3n) is 4.87. The lowest BCUT2D eigenvalue weighted by molar-refractivity contribution is 0.0955. The van der Waals surface area contributed by atoms with Gasteiger partial charge in [-0.3, -0.25) is 4.79 Å². The van der Waals surface area contributed by atoms with Crippen LogP contribution in [0, 0.1) is 0 Å². The van der Waals surface area contributed by atoms with Crippen molar-refractivity contribution in [1.29, 1.82) is 0 Å². The van der Waals surface area contributed by atoms with Crippen molar-refractivity contribution in [3.05, 3.63) is 96.2 Å². The minimum atomic E-state index is -0.243. The van der Waals surface area contributed by atoms with Crippen molar-refractivity contribution in [2.45, 2.75) is 6.54 Å². The van der Waals surface area contributed by atoms with Crippen LogP contribution in [0.1, 0.15) is 15.9 Å². The second-order valence-electron chi connectivity index (χ2n) is 6.89. The Morgan fingerprint density at radius 3 is 2.61 bits per heavy atom. The highest BCUT2D eigenvalue weighted by Crippen LogP contribution is 2.21. The van der Waals surface area contributed by atoms with Gasteiger partial charge in [-0.1, -0.05) is 42.5 Å². The molecule has 156 valence electrons. The Hall–Kier alpha value is -4.06. The van der Waals surface area contributed by atoms with Crippen LogP contribution in [-0.4, -0.2) is 30.4 Å². The zero-order chi connectivity index (χ0) is 21.5. The van der Waals surface area contributed by atoms with Crippen molar-refractivity contribution in [1.82, 2.24) is 9.99 Å². The molecular weight excluding hydrogens is 390 g/mol. The SMILES string of the molecule is COc1cccc(OCCn2cc(/C=N/NC(=O)c3ccccc3)c3ccccc32)c1. The summed E-state index contributed by atoms with van der Waals surface area (Å²) in [6.07, 6.45) is 3.68. The van der Waals surface area contributed by atoms with Crippen molar-refractivity contribution in [2.24, 2.45) is 5.10 Å². The summed E-state index contributed by atoms with van der Waals surface area (Å²) in [6.45, 7) is 1.18. The summed E-state index contributed by atoms with van der Waals surface area (Å²) in [6, 6.07) is 24.6. The summed E-state index contributed by atoms with van der Waals surface area (Å²) < 4.78 is 13.2. The largest absolute Gasteiger partial charge is 0.497 e. The first kappa shape index (κ1) is 20.2. The molecule has 0 spiro atoms. The van der Waals surface area contributed by atoms with Gasteiger partial charge in [0.2, 0.25) is 0 Å². The monoisotopic (exact) mass is 413 g/mol. The summed E-state index contributed by atoms with van der Waals surface area (Å²) in [5, 5.41) is 5.20. The molecule has 0 unspecified atom stereocenters. The minimum Gasteiger partial charge on any atom is -0.497 e. The molecule has 0 aliphatic heterocycles. The molecule has 3 aromatic carbocycles. The molecule has 0 fully saturated rings. The van der Waals surface area contributed by atoms with Gasteiger partial charge in [0, 0.05) is 34.3 Å². The fraction of sp³-hybridized carbons (Fsp3) is 0.120. The zero-order valence-electron chi connectivity index (χ0n) is 17.2. The Kier molecular flexibility index (Phi) is 6.28. The molecule has 0 saturated carbocycles. The van der Waals surface area contributed by atoms with Gasteiger partial charge in [0.05, 0.1) is 19.9 Å². The maximum Gasteiger partial charge on any atom is 0.271 e. The Morgan fingerprint density at radius 1 is 1.00 bits per heavy atom. The zero-order valence-corrected chi connectivity index (χ0v) is 17.2. The van der Waals surface area contributed by atoms with E-state index >= 15 is 0 Å². The van der Waals surface area contributed by atoms with E-state index < -0.39 is 0 Å². The average molecular weight is 413 g/mol. The number of hydrazone groups is 1. The van der Waals surface area contributed by atoms with Crippen LogP contribution < -0.4 is 14.9 Å². The van der Waals surface area contributed by atoms with Gasteiger partial charge in [-0.15, -0.1) is 0 Å². The highest BCUT2D eigenvalue weighted by atomic mass is 16.5. The molecule has 0 atom stereocenters. The van der Waals surface area contributed by atoms with Gasteiger partial charge in [0.15, 0.2) is 0 Å². The number of benzene rings is 3. The van der Waals surface area contributed by atoms with Crippen LogP contribution in [0.5, 0.6) is 11.5 Å². The number of ether oxygens (including phenoxy) is 2. The smallest absolute Gasteiger partial charge is 0.271 e. The molecule has 1 amide bonds. The number of nitrogens with zero attached hydrogens (tertiary/aromatic N) is 2. The summed E-state index contributed by atoms with van der Waals surface area (Å²) in [5.74, 6) is 1.29. The summed E-state index contributed by atoms with van der Waals surface area (Å²) in [4.78, 5) is 12.2. The quantitative estimate of drug-likeness (QED) is 0.342. The molecule has 31 heavy (non-hydrogen) atoms. The second-order valence-corrected chi connectivity index (χ2v) is 6.89. The summed E-state index contributed by atoms with van der Waals surface area (Å²) in [5.41, 5.74) is 5.15. The lowest BCUT2D eigenvalue weighted by atomic mass is 10.2. The Balaban J connectivity index is 1.44. The van der Waals surface area contributed by atoms with E-state index in [1.165, 1.54) is 0 Å². The van der Waals surface area contributed by atoms with Gasteiger partial charge in [-0.2, -0.15) is 5.10 Å². The lowest BCUT2D eigenvalue weighted by Gasteiger charge is -2.09. The first-order valence-corrected chi connectivity index (χ1v) is 9.98. The number of hydrogen-bond acceptors (Lipinski definition) is 4. The highest BCUT2D eigenvalue weighted by Gasteiger charge is 2.08. The predicted octanol–water partition coefficient (Wildman–Crippen LogP) is 4.49. The molecule has 0 bridgehead atoms. The fourth-order valence-corrected chi connectivity index (χ4v) is 3.33. The van der Waals surface area contributed by atoms with Crippen LogP contribution in [0.15, 0.2) is 90.2 Å². The first-order chi connectivity index (χ1) is 15.2. The molecule has 1 N–H and O–H groups in total. The van der Waals surface area contributed by atoms with Crippen LogP contribution in [0.25, 0.3) is 10.9 Å². The maximum atomic E-state index is 12.2. The normalized spacial score (nSPS) is 11.0. The maximum absolute atomic E-state index is 12.2. The van der Waals surface area contributed by atoms with Crippen molar-refractivity contribution in [3.63, 3.8) is 0 Å². The number of amides is 1. The standard InChI is InChI=1S/C25H23N3O3/c1-30-21-10-7-11-22(16-21)31-15-14-28-18-20(23-12-5-6-13-24(23)28)17-26-27-25(29)19-8-3-2-4-9-19/h2-13,16-18H,14-15H2,1H3,(H,27,29)/b26-17+. The summed E-state index contributed by atoms with van der Waals surface area (Å²) >= 11 is 0. The van der Waals surface area contributed by atoms with Gasteiger partial charge >= 0.3 is 0 Å². The average Bonchev–Trinajstić information content (AvgIpc) is 3.17. The number of hydrogen-bond donors (Lipinski definition) is 1. The molecular formula is C25H23N3O3. The highest BCUT2D eigenvalue weighted by molar-refractivity contribution is 6.00. The van der Waals surface area contributed by atoms with Crippen molar-refractivity contribution in [3.8, 4) is 11.5 Å². The van der Waals surface area contributed by atoms with E-state index in [2.05, 4.69) is 21.2 Å². The topological polar surface area (TPSA) is 64.8 Å². The Morgan fingerprint density at radius 2 is 1.77 bits per heavy atom. The molecule has 0 aliphatic carbocycles. The number of carbonyl (C=O) groups is 1. The number of aromatic nitrogens is 1. The Labute approximate surface area is 180 Å². The number of carbonyl (C=O) groups excluding carboxylic acids is 1. The van der Waals surface area contributed by atoms with Crippen LogP contribution in [-0.2, 0) is 6.54 Å². The van der Waals surface area contributed by atoms with Crippen LogP contribution in [0.2, 0.25) is 0 Å². The van der Waals surface area contributed by atoms with E-state index in [4.69, 9.17) is 9.47 Å². The Bertz CT molecular complexity index is 1200. The molecule has 4 rings (SSSR count). The number of para-hydroxylation sites is 1. The minimum absolute atomic E-state index is 0.243. The fourth-order valence-electron chi connectivity index (χ4n) is 3.33. The van der Waals surface area contributed by atoms with Gasteiger partial charge in [0.1, 0.15) is 18.1 Å². The van der Waals surface area contributed by atoms with Gasteiger partial charge in [0.25, 0.3) is 5.91 Å². The number of nitrogens with one attached hydrogen (secondary N) is 1. The van der Waals surface area contributed by atoms with Crippen molar-refractivity contribution < 1.29 is 14.3 Å². The third-order valence-corrected chi connectivity index (χ3v) is 4.87. The number of fused-ring (bicyclic) bond motifs is 1. The second kappa shape index (κ2) is 9.63. The van der Waals surface area contributed by atoms with Crippen LogP contribution in [0.3, 0.4) is 0 Å². The predicted molar refractivity (Wildman–Crippen MR) is 122 cm³/mol. The molecule has 6 heteroatoms. The van der Waals surface area contributed by atoms with Gasteiger partial charge in [-0.25, -0.2) is 5.43 Å². The molecule has 1 aromatic heterocycles.